The van der Waals surface area contributed by atoms with Gasteiger partial charge in [0.2, 0.25) is 0 Å². The number of nitrogens with zero attached hydrogens (tertiary/aromatic N) is 2. The van der Waals surface area contributed by atoms with Gasteiger partial charge in [-0.2, -0.15) is 11.3 Å². The summed E-state index contributed by atoms with van der Waals surface area (Å²) >= 11 is 1.82. The first-order valence-electron chi connectivity index (χ1n) is 11.2. The summed E-state index contributed by atoms with van der Waals surface area (Å²) in [4.78, 5) is 16.1. The number of urea groups is 1. The van der Waals surface area contributed by atoms with Crippen molar-refractivity contribution in [3.8, 4) is 0 Å². The van der Waals surface area contributed by atoms with Gasteiger partial charge in [-0.3, -0.25) is 0 Å². The van der Waals surface area contributed by atoms with Crippen molar-refractivity contribution in [2.24, 2.45) is 5.92 Å². The van der Waals surface area contributed by atoms with Crippen molar-refractivity contribution in [2.75, 3.05) is 33.7 Å². The van der Waals surface area contributed by atoms with Gasteiger partial charge in [0.1, 0.15) is 0 Å². The fourth-order valence-corrected chi connectivity index (χ4v) is 5.93. The fourth-order valence-electron chi connectivity index (χ4n) is 5.10. The molecule has 2 aliphatic rings. The maximum atomic E-state index is 11.8. The van der Waals surface area contributed by atoms with E-state index in [0.717, 1.165) is 24.7 Å². The van der Waals surface area contributed by atoms with Crippen LogP contribution in [0.4, 0.5) is 4.79 Å². The molecule has 2 heterocycles. The molecule has 0 bridgehead atoms. The van der Waals surface area contributed by atoms with E-state index in [1.54, 1.807) is 10.5 Å². The summed E-state index contributed by atoms with van der Waals surface area (Å²) in [5.41, 5.74) is 1.57. The van der Waals surface area contributed by atoms with Crippen LogP contribution in [0.15, 0.2) is 29.0 Å². The lowest BCUT2D eigenvalue weighted by molar-refractivity contribution is 0.180. The minimum Gasteiger partial charge on any atom is -0.335 e. The van der Waals surface area contributed by atoms with Crippen LogP contribution in [0.2, 0.25) is 0 Å². The lowest BCUT2D eigenvalue weighted by Gasteiger charge is -2.35. The number of carbonyl (C=O) groups is 1. The van der Waals surface area contributed by atoms with Gasteiger partial charge in [-0.05, 0) is 104 Å². The summed E-state index contributed by atoms with van der Waals surface area (Å²) in [6.07, 6.45) is 8.69. The molecule has 2 fully saturated rings. The number of amides is 2. The molecule has 1 aliphatic carbocycles. The maximum Gasteiger partial charge on any atom is 0.317 e. The van der Waals surface area contributed by atoms with Crippen molar-refractivity contribution >= 4 is 28.1 Å². The predicted octanol–water partition coefficient (Wildman–Crippen LogP) is 5.30. The fraction of sp³-hybridized carbons (Fsp3) is 0.625. The van der Waals surface area contributed by atoms with Gasteiger partial charge in [-0.15, -0.1) is 0 Å². The van der Waals surface area contributed by atoms with Crippen LogP contribution in [0.5, 0.6) is 0 Å². The smallest absolute Gasteiger partial charge is 0.317 e. The number of hydrogen-bond donors (Lipinski definition) is 1. The molecule has 5 heteroatoms. The van der Waals surface area contributed by atoms with Crippen LogP contribution in [0.1, 0.15) is 56.4 Å². The summed E-state index contributed by atoms with van der Waals surface area (Å²) < 4.78 is 0. The third kappa shape index (κ3) is 5.13. The lowest BCUT2D eigenvalue weighted by Crippen LogP contribution is -2.43. The van der Waals surface area contributed by atoms with Crippen molar-refractivity contribution in [3.63, 3.8) is 0 Å². The average Bonchev–Trinajstić information content (AvgIpc) is 3.22. The molecule has 2 amide bonds. The summed E-state index contributed by atoms with van der Waals surface area (Å²) in [5, 5.41) is 10.6. The van der Waals surface area contributed by atoms with Gasteiger partial charge in [0.15, 0.2) is 0 Å². The zero-order valence-electron chi connectivity index (χ0n) is 17.9. The molecule has 29 heavy (non-hydrogen) atoms. The molecule has 0 radical (unpaired) electrons. The van der Waals surface area contributed by atoms with Crippen LogP contribution < -0.4 is 5.32 Å². The number of nitrogens with one attached hydrogen (secondary N) is 1. The normalized spacial score (nSPS) is 23.9. The van der Waals surface area contributed by atoms with Crippen molar-refractivity contribution in [1.82, 2.24) is 15.1 Å². The zero-order chi connectivity index (χ0) is 20.2. The average molecular weight is 414 g/mol. The monoisotopic (exact) mass is 413 g/mol. The molecule has 1 saturated heterocycles. The topological polar surface area (TPSA) is 35.6 Å². The van der Waals surface area contributed by atoms with Gasteiger partial charge in [0.25, 0.3) is 0 Å². The first-order chi connectivity index (χ1) is 14.1. The van der Waals surface area contributed by atoms with E-state index in [0.29, 0.717) is 6.04 Å². The van der Waals surface area contributed by atoms with Crippen LogP contribution >= 0.6 is 11.3 Å². The number of thiophene rings is 1. The molecule has 0 spiro atoms. The summed E-state index contributed by atoms with van der Waals surface area (Å²) in [7, 11) is 3.62. The van der Waals surface area contributed by atoms with Crippen molar-refractivity contribution < 1.29 is 4.79 Å². The minimum atomic E-state index is 0.0504. The molecule has 1 aromatic heterocycles. The van der Waals surface area contributed by atoms with E-state index >= 15 is 0 Å². The molecule has 2 aromatic rings. The number of carbonyl (C=O) groups excluding carboxylic acids is 1. The highest BCUT2D eigenvalue weighted by Gasteiger charge is 2.25. The van der Waals surface area contributed by atoms with Crippen LogP contribution in [0.25, 0.3) is 10.8 Å². The molecule has 1 N–H and O–H groups in total. The standard InChI is InChI=1S/C24H35N3OS/c1-26(2)24(28)25-21-8-6-18(7-9-21)10-13-27-14-11-19(12-15-27)22-5-3-4-20-16-29-17-23(20)22/h3-5,16-19,21H,6-15H2,1-2H3,(H,25,28). The lowest BCUT2D eigenvalue weighted by atomic mass is 9.83. The summed E-state index contributed by atoms with van der Waals surface area (Å²) in [5.74, 6) is 1.56. The van der Waals surface area contributed by atoms with Crippen LogP contribution in [-0.4, -0.2) is 55.6 Å². The van der Waals surface area contributed by atoms with Crippen molar-refractivity contribution in [1.29, 1.82) is 0 Å². The Morgan fingerprint density at radius 1 is 1.10 bits per heavy atom. The number of rotatable bonds is 5. The Morgan fingerprint density at radius 3 is 2.59 bits per heavy atom. The van der Waals surface area contributed by atoms with E-state index < -0.39 is 0 Å². The summed E-state index contributed by atoms with van der Waals surface area (Å²) in [6, 6.07) is 7.24. The van der Waals surface area contributed by atoms with Gasteiger partial charge < -0.3 is 15.1 Å². The predicted molar refractivity (Wildman–Crippen MR) is 123 cm³/mol. The number of piperidine rings is 1. The highest BCUT2D eigenvalue weighted by atomic mass is 32.1. The van der Waals surface area contributed by atoms with Crippen molar-refractivity contribution in [3.05, 3.63) is 34.5 Å². The van der Waals surface area contributed by atoms with E-state index in [4.69, 9.17) is 0 Å². The van der Waals surface area contributed by atoms with Crippen molar-refractivity contribution in [2.45, 2.75) is 56.9 Å². The third-order valence-electron chi connectivity index (χ3n) is 7.02. The molecular weight excluding hydrogens is 378 g/mol. The van der Waals surface area contributed by atoms with Crippen LogP contribution in [0.3, 0.4) is 0 Å². The molecule has 158 valence electrons. The SMILES string of the molecule is CN(C)C(=O)NC1CCC(CCN2CCC(c3cccc4cscc34)CC2)CC1. The highest BCUT2D eigenvalue weighted by molar-refractivity contribution is 7.09. The molecule has 0 atom stereocenters. The maximum absolute atomic E-state index is 11.8. The molecule has 4 nitrogen and oxygen atoms in total. The Morgan fingerprint density at radius 2 is 1.86 bits per heavy atom. The third-order valence-corrected chi connectivity index (χ3v) is 7.78. The van der Waals surface area contributed by atoms with E-state index in [2.05, 4.69) is 39.2 Å². The number of fused-ring (bicyclic) bond motifs is 1. The molecule has 4 rings (SSSR count). The van der Waals surface area contributed by atoms with Gasteiger partial charge in [-0.1, -0.05) is 18.2 Å². The second kappa shape index (κ2) is 9.48. The van der Waals surface area contributed by atoms with Crippen LogP contribution in [-0.2, 0) is 0 Å². The Bertz CT molecular complexity index is 801. The number of hydrogen-bond acceptors (Lipinski definition) is 3. The summed E-state index contributed by atoms with van der Waals surface area (Å²) in [6.45, 7) is 3.72. The second-order valence-corrected chi connectivity index (χ2v) is 9.93. The first-order valence-corrected chi connectivity index (χ1v) is 12.2. The van der Waals surface area contributed by atoms with Gasteiger partial charge in [-0.25, -0.2) is 4.79 Å². The Balaban J connectivity index is 1.18. The van der Waals surface area contributed by atoms with E-state index in [1.807, 2.05) is 25.4 Å². The molecular formula is C24H35N3OS. The number of benzene rings is 1. The van der Waals surface area contributed by atoms with E-state index in [-0.39, 0.29) is 6.03 Å². The zero-order valence-corrected chi connectivity index (χ0v) is 18.7. The molecule has 1 aromatic carbocycles. The largest absolute Gasteiger partial charge is 0.335 e. The Hall–Kier alpha value is -1.59. The number of likely N-dealkylation sites (tertiary alicyclic amines) is 1. The molecule has 1 aliphatic heterocycles. The first kappa shape index (κ1) is 20.7. The second-order valence-electron chi connectivity index (χ2n) is 9.19. The van der Waals surface area contributed by atoms with Crippen LogP contribution in [0, 0.1) is 5.92 Å². The minimum absolute atomic E-state index is 0.0504. The molecule has 0 unspecified atom stereocenters. The molecule has 1 saturated carbocycles. The van der Waals surface area contributed by atoms with Gasteiger partial charge in [0, 0.05) is 20.1 Å². The Labute approximate surface area is 179 Å². The Kier molecular flexibility index (Phi) is 6.76. The highest BCUT2D eigenvalue weighted by Crippen LogP contribution is 2.35. The van der Waals surface area contributed by atoms with E-state index in [9.17, 15) is 4.79 Å². The van der Waals surface area contributed by atoms with Gasteiger partial charge >= 0.3 is 6.03 Å². The van der Waals surface area contributed by atoms with E-state index in [1.165, 1.54) is 62.5 Å². The van der Waals surface area contributed by atoms with Gasteiger partial charge in [0.05, 0.1) is 0 Å². The quantitative estimate of drug-likeness (QED) is 0.722.